The summed E-state index contributed by atoms with van der Waals surface area (Å²) in [5, 5.41) is 11.7. The highest BCUT2D eigenvalue weighted by Crippen LogP contribution is 2.30. The van der Waals surface area contributed by atoms with E-state index in [1.165, 1.54) is 21.9 Å². The molecule has 0 spiro atoms. The second kappa shape index (κ2) is 9.21. The smallest absolute Gasteiger partial charge is 0.302 e. The summed E-state index contributed by atoms with van der Waals surface area (Å²) in [4.78, 5) is 39.5. The lowest BCUT2D eigenvalue weighted by molar-refractivity contribution is -0.133. The zero-order valence-electron chi connectivity index (χ0n) is 18.5. The summed E-state index contributed by atoms with van der Waals surface area (Å²) >= 11 is 7.32. The van der Waals surface area contributed by atoms with Crippen LogP contribution in [0.15, 0.2) is 47.7 Å². The highest BCUT2D eigenvalue weighted by Gasteiger charge is 2.22. The number of hydrogen-bond donors (Lipinski definition) is 1. The standard InChI is InChI=1S/C23H23ClN6O3S/c1-27-6-8-28(9-7-27)18(31)14-29-10-11-30-22(33)20(32)19(26-23(29)30)21-25-13-17(34-21)12-15-2-4-16(24)5-3-15/h2-5,10-11,13,32H,6-9,12,14H2,1H3. The molecule has 9 nitrogen and oxygen atoms in total. The summed E-state index contributed by atoms with van der Waals surface area (Å²) in [7, 11) is 2.03. The maximum Gasteiger partial charge on any atom is 0.302 e. The summed E-state index contributed by atoms with van der Waals surface area (Å²) in [6, 6.07) is 7.55. The van der Waals surface area contributed by atoms with Crippen LogP contribution in [0.4, 0.5) is 0 Å². The minimum absolute atomic E-state index is 0.0328. The number of thiazole rings is 1. The summed E-state index contributed by atoms with van der Waals surface area (Å²) < 4.78 is 2.88. The Hall–Kier alpha value is -3.21. The lowest BCUT2D eigenvalue weighted by Gasteiger charge is -2.32. The van der Waals surface area contributed by atoms with E-state index in [0.717, 1.165) is 23.5 Å². The Bertz CT molecular complexity index is 1400. The van der Waals surface area contributed by atoms with E-state index in [0.29, 0.717) is 29.5 Å². The Labute approximate surface area is 204 Å². The van der Waals surface area contributed by atoms with Crippen LogP contribution in [0.3, 0.4) is 0 Å². The molecule has 5 rings (SSSR count). The van der Waals surface area contributed by atoms with E-state index >= 15 is 0 Å². The first-order valence-electron chi connectivity index (χ1n) is 10.9. The SMILES string of the molecule is CN1CCN(C(=O)Cn2ccn3c(=O)c(O)c(-c4ncc(Cc5ccc(Cl)cc5)s4)nc23)CC1. The van der Waals surface area contributed by atoms with E-state index in [2.05, 4.69) is 14.9 Å². The van der Waals surface area contributed by atoms with Gasteiger partial charge in [-0.1, -0.05) is 23.7 Å². The van der Waals surface area contributed by atoms with Crippen LogP contribution in [0.1, 0.15) is 10.4 Å². The highest BCUT2D eigenvalue weighted by atomic mass is 35.5. The van der Waals surface area contributed by atoms with Crippen LogP contribution in [-0.2, 0) is 17.8 Å². The molecule has 0 unspecified atom stereocenters. The van der Waals surface area contributed by atoms with E-state index < -0.39 is 11.3 Å². The zero-order chi connectivity index (χ0) is 23.8. The first-order valence-corrected chi connectivity index (χ1v) is 12.0. The Morgan fingerprint density at radius 1 is 1.15 bits per heavy atom. The van der Waals surface area contributed by atoms with Crippen molar-refractivity contribution >= 4 is 34.6 Å². The van der Waals surface area contributed by atoms with E-state index in [4.69, 9.17) is 11.6 Å². The average Bonchev–Trinajstić information content (AvgIpc) is 3.45. The summed E-state index contributed by atoms with van der Waals surface area (Å²) in [5.41, 5.74) is 0.591. The number of piperazine rings is 1. The van der Waals surface area contributed by atoms with Gasteiger partial charge in [-0.25, -0.2) is 14.4 Å². The molecule has 0 atom stereocenters. The number of rotatable bonds is 5. The molecular weight excluding hydrogens is 476 g/mol. The molecule has 4 aromatic rings. The van der Waals surface area contributed by atoms with Gasteiger partial charge in [-0.2, -0.15) is 0 Å². The number of nitrogens with zero attached hydrogens (tertiary/aromatic N) is 6. The summed E-state index contributed by atoms with van der Waals surface area (Å²) in [5.74, 6) is -0.211. The maximum absolute atomic E-state index is 12.8. The second-order valence-corrected chi connectivity index (χ2v) is 9.88. The number of fused-ring (bicyclic) bond motifs is 1. The van der Waals surface area contributed by atoms with Gasteiger partial charge in [0.25, 0.3) is 0 Å². The number of carbonyl (C=O) groups is 1. The van der Waals surface area contributed by atoms with Crippen molar-refractivity contribution < 1.29 is 9.90 Å². The van der Waals surface area contributed by atoms with Crippen molar-refractivity contribution in [3.8, 4) is 16.5 Å². The summed E-state index contributed by atoms with van der Waals surface area (Å²) in [6.07, 6.45) is 5.51. The van der Waals surface area contributed by atoms with Crippen LogP contribution in [-0.4, -0.2) is 73.0 Å². The average molecular weight is 499 g/mol. The van der Waals surface area contributed by atoms with E-state index in [-0.39, 0.29) is 23.9 Å². The van der Waals surface area contributed by atoms with Crippen LogP contribution in [0, 0.1) is 0 Å². The fourth-order valence-electron chi connectivity index (χ4n) is 3.94. The summed E-state index contributed by atoms with van der Waals surface area (Å²) in [6.45, 7) is 3.07. The second-order valence-electron chi connectivity index (χ2n) is 8.33. The number of aromatic nitrogens is 4. The monoisotopic (exact) mass is 498 g/mol. The van der Waals surface area contributed by atoms with Gasteiger partial charge in [0, 0.05) is 61.1 Å². The van der Waals surface area contributed by atoms with E-state index in [1.807, 2.05) is 36.2 Å². The topological polar surface area (TPSA) is 96.0 Å². The lowest BCUT2D eigenvalue weighted by Crippen LogP contribution is -2.48. The molecule has 1 aliphatic heterocycles. The van der Waals surface area contributed by atoms with Crippen LogP contribution in [0.25, 0.3) is 16.5 Å². The van der Waals surface area contributed by atoms with Gasteiger partial charge in [-0.3, -0.25) is 9.59 Å². The molecule has 1 aromatic carbocycles. The third-order valence-corrected chi connectivity index (χ3v) is 7.19. The number of hydrogen-bond acceptors (Lipinski definition) is 7. The molecule has 34 heavy (non-hydrogen) atoms. The van der Waals surface area contributed by atoms with Crippen LogP contribution in [0.2, 0.25) is 5.02 Å². The third-order valence-electron chi connectivity index (χ3n) is 5.93. The fourth-order valence-corrected chi connectivity index (χ4v) is 5.00. The molecule has 0 radical (unpaired) electrons. The first-order chi connectivity index (χ1) is 16.4. The van der Waals surface area contributed by atoms with Gasteiger partial charge in [0.05, 0.1) is 0 Å². The quantitative estimate of drug-likeness (QED) is 0.454. The molecule has 176 valence electrons. The fraction of sp³-hybridized carbons (Fsp3) is 0.304. The van der Waals surface area contributed by atoms with Gasteiger partial charge < -0.3 is 19.5 Å². The number of likely N-dealkylation sites (N-methyl/N-ethyl adjacent to an activating group) is 1. The molecule has 1 fully saturated rings. The Balaban J connectivity index is 1.43. The van der Waals surface area contributed by atoms with Crippen molar-refractivity contribution in [1.29, 1.82) is 0 Å². The lowest BCUT2D eigenvalue weighted by atomic mass is 10.1. The van der Waals surface area contributed by atoms with Crippen molar-refractivity contribution in [2.45, 2.75) is 13.0 Å². The van der Waals surface area contributed by atoms with Crippen molar-refractivity contribution in [2.75, 3.05) is 33.2 Å². The molecule has 0 aliphatic carbocycles. The van der Waals surface area contributed by atoms with Crippen molar-refractivity contribution in [2.24, 2.45) is 0 Å². The molecule has 1 amide bonds. The van der Waals surface area contributed by atoms with E-state index in [9.17, 15) is 14.7 Å². The van der Waals surface area contributed by atoms with Crippen LogP contribution >= 0.6 is 22.9 Å². The Morgan fingerprint density at radius 3 is 2.62 bits per heavy atom. The largest absolute Gasteiger partial charge is 0.501 e. The van der Waals surface area contributed by atoms with Crippen molar-refractivity contribution in [1.82, 2.24) is 28.7 Å². The van der Waals surface area contributed by atoms with Gasteiger partial charge in [-0.05, 0) is 24.7 Å². The van der Waals surface area contributed by atoms with Crippen molar-refractivity contribution in [3.63, 3.8) is 0 Å². The predicted molar refractivity (Wildman–Crippen MR) is 131 cm³/mol. The minimum Gasteiger partial charge on any atom is -0.501 e. The van der Waals surface area contributed by atoms with Gasteiger partial charge in [0.2, 0.25) is 17.4 Å². The third kappa shape index (κ3) is 4.44. The molecule has 1 saturated heterocycles. The number of imidazole rings is 1. The van der Waals surface area contributed by atoms with Crippen LogP contribution in [0.5, 0.6) is 5.75 Å². The number of carbonyl (C=O) groups excluding carboxylic acids is 1. The molecule has 4 heterocycles. The van der Waals surface area contributed by atoms with E-state index in [1.54, 1.807) is 17.0 Å². The Kier molecular flexibility index (Phi) is 6.11. The number of amides is 1. The minimum atomic E-state index is -0.597. The number of aromatic hydroxyl groups is 1. The zero-order valence-corrected chi connectivity index (χ0v) is 20.1. The number of halogens is 1. The molecule has 0 saturated carbocycles. The predicted octanol–water partition coefficient (Wildman–Crippen LogP) is 2.34. The first kappa shape index (κ1) is 22.6. The Morgan fingerprint density at radius 2 is 1.88 bits per heavy atom. The molecule has 0 bridgehead atoms. The number of benzene rings is 1. The highest BCUT2D eigenvalue weighted by molar-refractivity contribution is 7.15. The maximum atomic E-state index is 12.8. The molecule has 1 aliphatic rings. The van der Waals surface area contributed by atoms with Gasteiger partial charge >= 0.3 is 5.56 Å². The van der Waals surface area contributed by atoms with Gasteiger partial charge in [0.15, 0.2) is 5.69 Å². The molecule has 1 N–H and O–H groups in total. The van der Waals surface area contributed by atoms with Gasteiger partial charge in [0.1, 0.15) is 11.6 Å². The van der Waals surface area contributed by atoms with Crippen molar-refractivity contribution in [3.05, 3.63) is 68.7 Å². The molecule has 11 heteroatoms. The van der Waals surface area contributed by atoms with Crippen LogP contribution < -0.4 is 5.56 Å². The molecular formula is C23H23ClN6O3S. The molecule has 3 aromatic heterocycles. The normalized spacial score (nSPS) is 14.7. The van der Waals surface area contributed by atoms with Gasteiger partial charge in [-0.15, -0.1) is 11.3 Å².